The Morgan fingerprint density at radius 1 is 0.476 bits per heavy atom. The van der Waals surface area contributed by atoms with Gasteiger partial charge in [-0.15, -0.1) is 0 Å². The van der Waals surface area contributed by atoms with Gasteiger partial charge in [-0.3, -0.25) is 0 Å². The average molecular weight is 607 g/mol. The van der Waals surface area contributed by atoms with Gasteiger partial charge in [-0.05, 0) is 23.7 Å². The maximum Gasteiger partial charge on any atom is 0.397 e. The molecule has 4 heteroatoms. The second-order valence-electron chi connectivity index (χ2n) is 14.5. The van der Waals surface area contributed by atoms with E-state index in [2.05, 4.69) is 73.6 Å². The van der Waals surface area contributed by atoms with Crippen molar-refractivity contribution in [1.29, 1.82) is 0 Å². The van der Waals surface area contributed by atoms with Gasteiger partial charge in [-0.2, -0.15) is 0 Å². The average Bonchev–Trinajstić information content (AvgIpc) is 2.93. The molecule has 0 spiro atoms. The Kier molecular flexibility index (Phi) is 22.2. The van der Waals surface area contributed by atoms with Gasteiger partial charge in [-0.1, -0.05) is 189 Å². The molecule has 0 atom stereocenters. The minimum absolute atomic E-state index is 0.0231. The predicted octanol–water partition coefficient (Wildman–Crippen LogP) is 13.8. The quantitative estimate of drug-likeness (QED) is 0.0775. The third-order valence-corrected chi connectivity index (χ3v) is 9.30. The number of hydrogen-bond acceptors (Lipinski definition) is 3. The van der Waals surface area contributed by atoms with Crippen molar-refractivity contribution in [1.82, 2.24) is 0 Å². The van der Waals surface area contributed by atoms with Crippen molar-refractivity contribution in [3.8, 4) is 5.75 Å². The summed E-state index contributed by atoms with van der Waals surface area (Å²) in [6.07, 6.45) is 26.5. The minimum Gasteiger partial charge on any atom is -0.426 e. The van der Waals surface area contributed by atoms with E-state index >= 15 is 0 Å². The monoisotopic (exact) mass is 607 g/mol. The van der Waals surface area contributed by atoms with E-state index in [1.54, 1.807) is 0 Å². The van der Waals surface area contributed by atoms with Gasteiger partial charge < -0.3 is 13.6 Å². The van der Waals surface area contributed by atoms with E-state index < -0.39 is 8.60 Å². The van der Waals surface area contributed by atoms with Crippen LogP contribution in [0.25, 0.3) is 0 Å². The van der Waals surface area contributed by atoms with Crippen molar-refractivity contribution in [2.45, 2.75) is 195 Å². The van der Waals surface area contributed by atoms with Crippen LogP contribution in [0.1, 0.15) is 195 Å². The Morgan fingerprint density at radius 2 is 0.786 bits per heavy atom. The summed E-state index contributed by atoms with van der Waals surface area (Å²) in [4.78, 5) is 0. The summed E-state index contributed by atoms with van der Waals surface area (Å²) in [6, 6.07) is 6.59. The molecule has 0 fully saturated rings. The summed E-state index contributed by atoms with van der Waals surface area (Å²) in [5.74, 6) is 0.967. The molecular weight excluding hydrogens is 535 g/mol. The first kappa shape index (κ1) is 39.4. The van der Waals surface area contributed by atoms with E-state index in [0.29, 0.717) is 13.2 Å². The van der Waals surface area contributed by atoms with Crippen molar-refractivity contribution in [3.05, 3.63) is 29.3 Å². The molecule has 0 radical (unpaired) electrons. The van der Waals surface area contributed by atoms with Gasteiger partial charge in [0.1, 0.15) is 5.75 Å². The van der Waals surface area contributed by atoms with E-state index in [0.717, 1.165) is 18.6 Å². The SMILES string of the molecule is CCCCCCCCCCCCOP(OCCCCCCCCCCCC)Oc1c(C(C)(C)C)cccc1C(C)(C)C. The molecule has 0 bridgehead atoms. The van der Waals surface area contributed by atoms with Crippen LogP contribution in [-0.4, -0.2) is 13.2 Å². The maximum atomic E-state index is 6.73. The zero-order valence-electron chi connectivity index (χ0n) is 29.5. The Labute approximate surface area is 264 Å². The van der Waals surface area contributed by atoms with Crippen LogP contribution in [0.5, 0.6) is 5.75 Å². The predicted molar refractivity (Wildman–Crippen MR) is 187 cm³/mol. The molecule has 0 amide bonds. The highest BCUT2D eigenvalue weighted by Gasteiger charge is 2.29. The highest BCUT2D eigenvalue weighted by atomic mass is 31.2. The van der Waals surface area contributed by atoms with Crippen molar-refractivity contribution in [2.75, 3.05) is 13.2 Å². The second-order valence-corrected chi connectivity index (χ2v) is 15.7. The summed E-state index contributed by atoms with van der Waals surface area (Å²) >= 11 is 0. The summed E-state index contributed by atoms with van der Waals surface area (Å²) in [6.45, 7) is 19.6. The Hall–Kier alpha value is -0.630. The van der Waals surface area contributed by atoms with E-state index in [1.165, 1.54) is 127 Å². The molecule has 1 aromatic rings. The Morgan fingerprint density at radius 3 is 1.10 bits per heavy atom. The molecule has 3 nitrogen and oxygen atoms in total. The van der Waals surface area contributed by atoms with Crippen molar-refractivity contribution in [2.24, 2.45) is 0 Å². The van der Waals surface area contributed by atoms with Crippen LogP contribution in [0.3, 0.4) is 0 Å². The fourth-order valence-electron chi connectivity index (χ4n) is 5.44. The van der Waals surface area contributed by atoms with Crippen LogP contribution >= 0.6 is 8.60 Å². The number of rotatable bonds is 26. The minimum atomic E-state index is -1.44. The number of unbranched alkanes of at least 4 members (excludes halogenated alkanes) is 18. The van der Waals surface area contributed by atoms with Gasteiger partial charge in [-0.25, -0.2) is 0 Å². The molecule has 0 aliphatic heterocycles. The Balaban J connectivity index is 2.63. The standard InChI is InChI=1S/C38H71O3P/c1-9-11-13-15-17-19-21-23-25-27-32-39-42(40-33-28-26-24-22-20-18-16-14-12-10-2)41-36-34(37(3,4)5)30-29-31-35(36)38(6,7)8/h29-31H,9-28,32-33H2,1-8H3. The summed E-state index contributed by atoms with van der Waals surface area (Å²) < 4.78 is 19.5. The molecule has 1 rings (SSSR count). The third kappa shape index (κ3) is 18.9. The first-order valence-corrected chi connectivity index (χ1v) is 19.1. The number of hydrogen-bond donors (Lipinski definition) is 0. The topological polar surface area (TPSA) is 27.7 Å². The van der Waals surface area contributed by atoms with Gasteiger partial charge in [0.25, 0.3) is 0 Å². The molecule has 246 valence electrons. The largest absolute Gasteiger partial charge is 0.426 e. The zero-order chi connectivity index (χ0) is 31.1. The molecule has 0 unspecified atom stereocenters. The summed E-state index contributed by atoms with van der Waals surface area (Å²) in [7, 11) is -1.44. The second kappa shape index (κ2) is 23.7. The van der Waals surface area contributed by atoms with Crippen LogP contribution in [0.2, 0.25) is 0 Å². The third-order valence-electron chi connectivity index (χ3n) is 8.19. The molecular formula is C38H71O3P. The highest BCUT2D eigenvalue weighted by molar-refractivity contribution is 7.42. The van der Waals surface area contributed by atoms with Crippen LogP contribution in [0, 0.1) is 0 Å². The molecule has 0 aliphatic carbocycles. The van der Waals surface area contributed by atoms with E-state index in [-0.39, 0.29) is 10.8 Å². The Bertz CT molecular complexity index is 706. The molecule has 42 heavy (non-hydrogen) atoms. The first-order chi connectivity index (χ1) is 20.1. The van der Waals surface area contributed by atoms with Crippen molar-refractivity contribution >= 4 is 8.60 Å². The zero-order valence-corrected chi connectivity index (χ0v) is 30.4. The lowest BCUT2D eigenvalue weighted by molar-refractivity contribution is 0.197. The van der Waals surface area contributed by atoms with Gasteiger partial charge in [0.2, 0.25) is 0 Å². The molecule has 0 N–H and O–H groups in total. The molecule has 1 aromatic carbocycles. The molecule has 0 saturated heterocycles. The van der Waals surface area contributed by atoms with E-state index in [9.17, 15) is 0 Å². The van der Waals surface area contributed by atoms with Gasteiger partial charge in [0, 0.05) is 11.1 Å². The molecule has 0 aliphatic rings. The smallest absolute Gasteiger partial charge is 0.397 e. The molecule has 0 heterocycles. The fourth-order valence-corrected chi connectivity index (χ4v) is 6.52. The van der Waals surface area contributed by atoms with Gasteiger partial charge >= 0.3 is 8.60 Å². The van der Waals surface area contributed by atoms with E-state index in [1.807, 2.05) is 0 Å². The lowest BCUT2D eigenvalue weighted by Gasteiger charge is -2.30. The highest BCUT2D eigenvalue weighted by Crippen LogP contribution is 2.48. The van der Waals surface area contributed by atoms with Crippen molar-refractivity contribution < 1.29 is 13.6 Å². The van der Waals surface area contributed by atoms with Crippen LogP contribution in [0.15, 0.2) is 18.2 Å². The lowest BCUT2D eigenvalue weighted by Crippen LogP contribution is -2.19. The fraction of sp³-hybridized carbons (Fsp3) is 0.842. The van der Waals surface area contributed by atoms with Crippen LogP contribution in [-0.2, 0) is 19.9 Å². The maximum absolute atomic E-state index is 6.73. The summed E-state index contributed by atoms with van der Waals surface area (Å²) in [5, 5.41) is 0. The van der Waals surface area contributed by atoms with E-state index in [4.69, 9.17) is 13.6 Å². The first-order valence-electron chi connectivity index (χ1n) is 18.0. The number of para-hydroxylation sites is 1. The molecule has 0 saturated carbocycles. The number of benzene rings is 1. The van der Waals surface area contributed by atoms with Crippen LogP contribution in [0.4, 0.5) is 0 Å². The van der Waals surface area contributed by atoms with Gasteiger partial charge in [0.05, 0.1) is 13.2 Å². The molecule has 0 aromatic heterocycles. The van der Waals surface area contributed by atoms with Crippen LogP contribution < -0.4 is 4.52 Å². The summed E-state index contributed by atoms with van der Waals surface area (Å²) in [5.41, 5.74) is 2.41. The normalized spacial score (nSPS) is 12.4. The van der Waals surface area contributed by atoms with Gasteiger partial charge in [0.15, 0.2) is 0 Å². The van der Waals surface area contributed by atoms with Crippen molar-refractivity contribution in [3.63, 3.8) is 0 Å². The lowest BCUT2D eigenvalue weighted by atomic mass is 9.80.